The third-order valence-electron chi connectivity index (χ3n) is 2.55. The molecule has 0 saturated heterocycles. The summed E-state index contributed by atoms with van der Waals surface area (Å²) in [6.07, 6.45) is 1.51. The molecule has 1 aliphatic rings. The zero-order valence-corrected chi connectivity index (χ0v) is 11.9. The molecule has 0 aromatic heterocycles. The summed E-state index contributed by atoms with van der Waals surface area (Å²) in [5.74, 6) is -0.102. The van der Waals surface area contributed by atoms with Gasteiger partial charge in [-0.2, -0.15) is 0 Å². The highest BCUT2D eigenvalue weighted by molar-refractivity contribution is 5.86. The van der Waals surface area contributed by atoms with Gasteiger partial charge < -0.3 is 15.4 Å². The van der Waals surface area contributed by atoms with Crippen LogP contribution in [0.2, 0.25) is 0 Å². The number of nitrogens with one attached hydrogen (secondary N) is 2. The van der Waals surface area contributed by atoms with Gasteiger partial charge in [0.1, 0.15) is 11.6 Å². The van der Waals surface area contributed by atoms with Crippen LogP contribution >= 0.6 is 0 Å². The quantitative estimate of drug-likeness (QED) is 0.806. The normalized spacial score (nSPS) is 17.2. The number of hydrogen-bond acceptors (Lipinski definition) is 3. The summed E-state index contributed by atoms with van der Waals surface area (Å²) in [7, 11) is 0. The van der Waals surface area contributed by atoms with E-state index < -0.39 is 17.7 Å². The van der Waals surface area contributed by atoms with Crippen LogP contribution in [0.25, 0.3) is 0 Å². The minimum absolute atomic E-state index is 0.0243. The Labute approximate surface area is 109 Å². The van der Waals surface area contributed by atoms with Crippen LogP contribution in [0.5, 0.6) is 0 Å². The number of carbonyl (C=O) groups excluding carboxylic acids is 2. The molecule has 1 unspecified atom stereocenters. The Bertz CT molecular complexity index is 317. The van der Waals surface area contributed by atoms with Gasteiger partial charge in [-0.1, -0.05) is 13.8 Å². The molecule has 104 valence electrons. The van der Waals surface area contributed by atoms with Crippen LogP contribution in [0.4, 0.5) is 4.79 Å². The monoisotopic (exact) mass is 256 g/mol. The van der Waals surface area contributed by atoms with Crippen molar-refractivity contribution in [1.82, 2.24) is 10.6 Å². The zero-order valence-electron chi connectivity index (χ0n) is 11.9. The first-order valence-corrected chi connectivity index (χ1v) is 6.49. The van der Waals surface area contributed by atoms with Crippen LogP contribution in [-0.4, -0.2) is 29.7 Å². The van der Waals surface area contributed by atoms with Crippen molar-refractivity contribution in [3.05, 3.63) is 0 Å². The topological polar surface area (TPSA) is 67.4 Å². The standard InChI is InChI=1S/C13H24N2O3/c1-8(2)10(11(16)14-9-6-7-9)15-12(17)18-13(3,4)5/h8-10H,6-7H2,1-5H3,(H,14,16)(H,15,17). The molecule has 1 fully saturated rings. The van der Waals surface area contributed by atoms with E-state index in [1.165, 1.54) is 0 Å². The lowest BCUT2D eigenvalue weighted by Crippen LogP contribution is -2.51. The molecule has 1 atom stereocenters. The van der Waals surface area contributed by atoms with Crippen LogP contribution in [0.3, 0.4) is 0 Å². The minimum atomic E-state index is -0.557. The maximum Gasteiger partial charge on any atom is 0.408 e. The van der Waals surface area contributed by atoms with Gasteiger partial charge in [-0.25, -0.2) is 4.79 Å². The lowest BCUT2D eigenvalue weighted by molar-refractivity contribution is -0.124. The van der Waals surface area contributed by atoms with Crippen molar-refractivity contribution in [2.45, 2.75) is 65.1 Å². The van der Waals surface area contributed by atoms with Crippen molar-refractivity contribution in [1.29, 1.82) is 0 Å². The molecule has 0 radical (unpaired) electrons. The Morgan fingerprint density at radius 1 is 1.22 bits per heavy atom. The fourth-order valence-electron chi connectivity index (χ4n) is 1.49. The summed E-state index contributed by atoms with van der Waals surface area (Å²) in [5.41, 5.74) is -0.557. The molecule has 5 heteroatoms. The van der Waals surface area contributed by atoms with Gasteiger partial charge in [-0.05, 0) is 39.5 Å². The molecule has 18 heavy (non-hydrogen) atoms. The first-order valence-electron chi connectivity index (χ1n) is 6.49. The predicted molar refractivity (Wildman–Crippen MR) is 69.2 cm³/mol. The van der Waals surface area contributed by atoms with Gasteiger partial charge in [0.2, 0.25) is 5.91 Å². The Hall–Kier alpha value is -1.26. The predicted octanol–water partition coefficient (Wildman–Crippen LogP) is 1.81. The van der Waals surface area contributed by atoms with E-state index >= 15 is 0 Å². The molecule has 2 amide bonds. The number of amides is 2. The summed E-state index contributed by atoms with van der Waals surface area (Å²) in [4.78, 5) is 23.6. The molecule has 0 bridgehead atoms. The highest BCUT2D eigenvalue weighted by Gasteiger charge is 2.31. The number of alkyl carbamates (subject to hydrolysis) is 1. The molecule has 0 aliphatic heterocycles. The smallest absolute Gasteiger partial charge is 0.408 e. The fraction of sp³-hybridized carbons (Fsp3) is 0.846. The van der Waals surface area contributed by atoms with E-state index in [2.05, 4.69) is 10.6 Å². The first kappa shape index (κ1) is 14.8. The number of hydrogen-bond donors (Lipinski definition) is 2. The average Bonchev–Trinajstić information content (AvgIpc) is 2.94. The SMILES string of the molecule is CC(C)C(NC(=O)OC(C)(C)C)C(=O)NC1CC1. The van der Waals surface area contributed by atoms with Gasteiger partial charge >= 0.3 is 6.09 Å². The zero-order chi connectivity index (χ0) is 13.9. The van der Waals surface area contributed by atoms with E-state index in [4.69, 9.17) is 4.74 Å². The van der Waals surface area contributed by atoms with Crippen molar-refractivity contribution in [3.8, 4) is 0 Å². The van der Waals surface area contributed by atoms with E-state index in [0.717, 1.165) is 12.8 Å². The summed E-state index contributed by atoms with van der Waals surface area (Å²) < 4.78 is 5.16. The lowest BCUT2D eigenvalue weighted by atomic mass is 10.0. The number of rotatable bonds is 4. The molecule has 0 spiro atoms. The molecule has 1 saturated carbocycles. The summed E-state index contributed by atoms with van der Waals surface area (Å²) in [6.45, 7) is 9.17. The number of ether oxygens (including phenoxy) is 1. The molecule has 2 N–H and O–H groups in total. The molecular weight excluding hydrogens is 232 g/mol. The third-order valence-corrected chi connectivity index (χ3v) is 2.55. The van der Waals surface area contributed by atoms with E-state index in [1.807, 2.05) is 13.8 Å². The highest BCUT2D eigenvalue weighted by atomic mass is 16.6. The Kier molecular flexibility index (Phi) is 4.59. The van der Waals surface area contributed by atoms with E-state index in [9.17, 15) is 9.59 Å². The largest absolute Gasteiger partial charge is 0.444 e. The Morgan fingerprint density at radius 3 is 2.17 bits per heavy atom. The molecule has 5 nitrogen and oxygen atoms in total. The van der Waals surface area contributed by atoms with Gasteiger partial charge in [0.05, 0.1) is 0 Å². The first-order chi connectivity index (χ1) is 8.19. The maximum atomic E-state index is 12.0. The second kappa shape index (κ2) is 5.59. The molecule has 0 heterocycles. The second-order valence-corrected chi connectivity index (χ2v) is 6.15. The van der Waals surface area contributed by atoms with Crippen molar-refractivity contribution >= 4 is 12.0 Å². The van der Waals surface area contributed by atoms with Crippen LogP contribution in [0.15, 0.2) is 0 Å². The average molecular weight is 256 g/mol. The fourth-order valence-corrected chi connectivity index (χ4v) is 1.49. The van der Waals surface area contributed by atoms with Crippen molar-refractivity contribution in [2.24, 2.45) is 5.92 Å². The lowest BCUT2D eigenvalue weighted by Gasteiger charge is -2.25. The molecule has 1 rings (SSSR count). The summed E-state index contributed by atoms with van der Waals surface area (Å²) >= 11 is 0. The molecular formula is C13H24N2O3. The van der Waals surface area contributed by atoms with E-state index in [-0.39, 0.29) is 11.8 Å². The van der Waals surface area contributed by atoms with Crippen LogP contribution < -0.4 is 10.6 Å². The van der Waals surface area contributed by atoms with Gasteiger partial charge in [0, 0.05) is 6.04 Å². The van der Waals surface area contributed by atoms with Gasteiger partial charge in [0.15, 0.2) is 0 Å². The van der Waals surface area contributed by atoms with Crippen molar-refractivity contribution < 1.29 is 14.3 Å². The highest BCUT2D eigenvalue weighted by Crippen LogP contribution is 2.19. The van der Waals surface area contributed by atoms with Crippen LogP contribution in [0, 0.1) is 5.92 Å². The minimum Gasteiger partial charge on any atom is -0.444 e. The van der Waals surface area contributed by atoms with E-state index in [0.29, 0.717) is 6.04 Å². The van der Waals surface area contributed by atoms with Crippen molar-refractivity contribution in [2.75, 3.05) is 0 Å². The number of carbonyl (C=O) groups is 2. The van der Waals surface area contributed by atoms with Crippen molar-refractivity contribution in [3.63, 3.8) is 0 Å². The van der Waals surface area contributed by atoms with Gasteiger partial charge in [-0.3, -0.25) is 4.79 Å². The second-order valence-electron chi connectivity index (χ2n) is 6.15. The summed E-state index contributed by atoms with van der Waals surface area (Å²) in [5, 5.41) is 5.53. The third kappa shape index (κ3) is 5.38. The van der Waals surface area contributed by atoms with Gasteiger partial charge in [-0.15, -0.1) is 0 Å². The van der Waals surface area contributed by atoms with Crippen LogP contribution in [-0.2, 0) is 9.53 Å². The van der Waals surface area contributed by atoms with Crippen LogP contribution in [0.1, 0.15) is 47.5 Å². The maximum absolute atomic E-state index is 12.0. The molecule has 1 aliphatic carbocycles. The Balaban J connectivity index is 2.51. The summed E-state index contributed by atoms with van der Waals surface area (Å²) in [6, 6.07) is -0.250. The van der Waals surface area contributed by atoms with Gasteiger partial charge in [0.25, 0.3) is 0 Å². The molecule has 0 aromatic rings. The molecule has 0 aromatic carbocycles. The van der Waals surface area contributed by atoms with E-state index in [1.54, 1.807) is 20.8 Å². The Morgan fingerprint density at radius 2 is 1.78 bits per heavy atom.